The average Bonchev–Trinajstić information content (AvgIpc) is 2.61. The Bertz CT molecular complexity index is 535. The molecular weight excluding hydrogens is 237 g/mol. The molecule has 0 radical (unpaired) electrons. The second-order valence-corrected chi connectivity index (χ2v) is 3.34. The second-order valence-electron chi connectivity index (χ2n) is 2.99. The second kappa shape index (κ2) is 3.94. The number of aromatic carboxylic acids is 1. The van der Waals surface area contributed by atoms with Crippen molar-refractivity contribution in [3.8, 4) is 11.3 Å². The molecule has 0 fully saturated rings. The average molecular weight is 242 g/mol. The van der Waals surface area contributed by atoms with E-state index < -0.39 is 11.8 Å². The predicted molar refractivity (Wildman–Crippen MR) is 53.9 cm³/mol. The summed E-state index contributed by atoms with van der Waals surface area (Å²) in [4.78, 5) is 10.9. The summed E-state index contributed by atoms with van der Waals surface area (Å²) in [5.41, 5.74) is 0.278. The van der Waals surface area contributed by atoms with Gasteiger partial charge in [0.25, 0.3) is 0 Å². The van der Waals surface area contributed by atoms with Crippen molar-refractivity contribution in [1.82, 2.24) is 5.16 Å². The molecule has 1 aromatic heterocycles. The van der Waals surface area contributed by atoms with Crippen molar-refractivity contribution in [2.45, 2.75) is 0 Å². The first-order valence-corrected chi connectivity index (χ1v) is 4.62. The van der Waals surface area contributed by atoms with Crippen LogP contribution in [0.3, 0.4) is 0 Å². The maximum absolute atomic E-state index is 12.7. The summed E-state index contributed by atoms with van der Waals surface area (Å²) in [7, 11) is 0. The number of benzene rings is 1. The van der Waals surface area contributed by atoms with Gasteiger partial charge in [-0.25, -0.2) is 9.18 Å². The number of carbonyl (C=O) groups is 1. The molecule has 0 aliphatic heterocycles. The summed E-state index contributed by atoms with van der Waals surface area (Å²) in [5, 5.41) is 12.1. The minimum absolute atomic E-state index is 0.0810. The predicted octanol–water partition coefficient (Wildman–Crippen LogP) is 2.83. The third-order valence-electron chi connectivity index (χ3n) is 1.98. The SMILES string of the molecule is O=C(O)c1c(-c2ccc(F)cc2)noc1Cl. The lowest BCUT2D eigenvalue weighted by molar-refractivity contribution is 0.0697. The Balaban J connectivity index is 2.56. The van der Waals surface area contributed by atoms with E-state index in [0.717, 1.165) is 0 Å². The van der Waals surface area contributed by atoms with Crippen LogP contribution in [0.4, 0.5) is 4.39 Å². The topological polar surface area (TPSA) is 63.3 Å². The van der Waals surface area contributed by atoms with Gasteiger partial charge in [-0.3, -0.25) is 0 Å². The summed E-state index contributed by atoms with van der Waals surface area (Å²) in [5.74, 6) is -1.67. The molecule has 0 saturated carbocycles. The highest BCUT2D eigenvalue weighted by Gasteiger charge is 2.22. The van der Waals surface area contributed by atoms with Crippen LogP contribution in [0.2, 0.25) is 5.22 Å². The fourth-order valence-corrected chi connectivity index (χ4v) is 1.47. The van der Waals surface area contributed by atoms with Crippen molar-refractivity contribution in [1.29, 1.82) is 0 Å². The summed E-state index contributed by atoms with van der Waals surface area (Å²) in [6.07, 6.45) is 0. The number of nitrogens with zero attached hydrogens (tertiary/aromatic N) is 1. The van der Waals surface area contributed by atoms with E-state index in [1.165, 1.54) is 24.3 Å². The molecule has 4 nitrogen and oxygen atoms in total. The Labute approximate surface area is 94.2 Å². The number of carboxylic acids is 1. The van der Waals surface area contributed by atoms with Gasteiger partial charge in [0, 0.05) is 5.56 Å². The number of hydrogen-bond acceptors (Lipinski definition) is 3. The molecule has 0 aliphatic carbocycles. The van der Waals surface area contributed by atoms with Gasteiger partial charge in [0.1, 0.15) is 17.1 Å². The molecule has 0 bridgehead atoms. The van der Waals surface area contributed by atoms with Gasteiger partial charge in [0.2, 0.25) is 5.22 Å². The molecule has 1 heterocycles. The van der Waals surface area contributed by atoms with Gasteiger partial charge in [-0.1, -0.05) is 5.16 Å². The van der Waals surface area contributed by atoms with Gasteiger partial charge in [0.15, 0.2) is 0 Å². The van der Waals surface area contributed by atoms with E-state index in [1.54, 1.807) is 0 Å². The first kappa shape index (κ1) is 10.6. The normalized spacial score (nSPS) is 10.4. The van der Waals surface area contributed by atoms with Crippen molar-refractivity contribution >= 4 is 17.6 Å². The Morgan fingerprint density at radius 3 is 2.56 bits per heavy atom. The zero-order valence-corrected chi connectivity index (χ0v) is 8.53. The van der Waals surface area contributed by atoms with Crippen LogP contribution in [0.25, 0.3) is 11.3 Å². The molecule has 1 N–H and O–H groups in total. The lowest BCUT2D eigenvalue weighted by Gasteiger charge is -1.97. The Kier molecular flexibility index (Phi) is 2.62. The molecule has 0 atom stereocenters. The fraction of sp³-hybridized carbons (Fsp3) is 0. The van der Waals surface area contributed by atoms with Gasteiger partial charge in [-0.15, -0.1) is 0 Å². The van der Waals surface area contributed by atoms with Gasteiger partial charge in [-0.05, 0) is 35.9 Å². The van der Waals surface area contributed by atoms with Crippen molar-refractivity contribution in [2.24, 2.45) is 0 Å². The third kappa shape index (κ3) is 1.77. The van der Waals surface area contributed by atoms with Crippen LogP contribution >= 0.6 is 11.6 Å². The maximum Gasteiger partial charge on any atom is 0.342 e. The van der Waals surface area contributed by atoms with Crippen molar-refractivity contribution in [3.63, 3.8) is 0 Å². The quantitative estimate of drug-likeness (QED) is 0.878. The van der Waals surface area contributed by atoms with Gasteiger partial charge < -0.3 is 9.63 Å². The molecule has 1 aromatic carbocycles. The Morgan fingerprint density at radius 2 is 2.00 bits per heavy atom. The Morgan fingerprint density at radius 1 is 1.38 bits per heavy atom. The van der Waals surface area contributed by atoms with E-state index in [4.69, 9.17) is 16.7 Å². The Hall–Kier alpha value is -1.88. The van der Waals surface area contributed by atoms with Crippen LogP contribution in [-0.4, -0.2) is 16.2 Å². The van der Waals surface area contributed by atoms with E-state index in [9.17, 15) is 9.18 Å². The van der Waals surface area contributed by atoms with Crippen molar-refractivity contribution in [2.75, 3.05) is 0 Å². The summed E-state index contributed by atoms with van der Waals surface area (Å²) in [6.45, 7) is 0. The van der Waals surface area contributed by atoms with Crippen molar-refractivity contribution < 1.29 is 18.8 Å². The lowest BCUT2D eigenvalue weighted by Crippen LogP contribution is -1.97. The minimum Gasteiger partial charge on any atom is -0.477 e. The van der Waals surface area contributed by atoms with Crippen LogP contribution in [0.15, 0.2) is 28.8 Å². The summed E-state index contributed by atoms with van der Waals surface area (Å²) < 4.78 is 17.3. The van der Waals surface area contributed by atoms with Crippen LogP contribution < -0.4 is 0 Å². The number of aromatic nitrogens is 1. The highest BCUT2D eigenvalue weighted by Crippen LogP contribution is 2.28. The zero-order chi connectivity index (χ0) is 11.7. The van der Waals surface area contributed by atoms with Crippen molar-refractivity contribution in [3.05, 3.63) is 40.9 Å². The third-order valence-corrected chi connectivity index (χ3v) is 2.24. The largest absolute Gasteiger partial charge is 0.477 e. The number of carboxylic acid groups (broad SMARTS) is 1. The smallest absolute Gasteiger partial charge is 0.342 e. The zero-order valence-electron chi connectivity index (χ0n) is 7.78. The molecule has 16 heavy (non-hydrogen) atoms. The van der Waals surface area contributed by atoms with E-state index in [1.807, 2.05) is 0 Å². The number of rotatable bonds is 2. The standard InChI is InChI=1S/C10H5ClFNO3/c11-9-7(10(14)15)8(13-16-9)5-1-3-6(12)4-2-5/h1-4H,(H,14,15). The summed E-state index contributed by atoms with van der Waals surface area (Å²) >= 11 is 5.54. The highest BCUT2D eigenvalue weighted by atomic mass is 35.5. The molecule has 2 aromatic rings. The molecule has 0 spiro atoms. The van der Waals surface area contributed by atoms with Crippen LogP contribution in [0.1, 0.15) is 10.4 Å². The molecule has 82 valence electrons. The van der Waals surface area contributed by atoms with E-state index in [-0.39, 0.29) is 16.5 Å². The van der Waals surface area contributed by atoms with Gasteiger partial charge >= 0.3 is 5.97 Å². The monoisotopic (exact) mass is 241 g/mol. The minimum atomic E-state index is -1.24. The van der Waals surface area contributed by atoms with E-state index in [0.29, 0.717) is 5.56 Å². The van der Waals surface area contributed by atoms with Crippen LogP contribution in [0.5, 0.6) is 0 Å². The fourth-order valence-electron chi connectivity index (χ4n) is 1.26. The first-order valence-electron chi connectivity index (χ1n) is 4.24. The molecule has 6 heteroatoms. The van der Waals surface area contributed by atoms with E-state index >= 15 is 0 Å². The maximum atomic E-state index is 12.7. The van der Waals surface area contributed by atoms with Crippen LogP contribution in [-0.2, 0) is 0 Å². The van der Waals surface area contributed by atoms with Gasteiger partial charge in [0.05, 0.1) is 0 Å². The molecular formula is C10H5ClFNO3. The highest BCUT2D eigenvalue weighted by molar-refractivity contribution is 6.32. The molecule has 0 saturated heterocycles. The number of hydrogen-bond donors (Lipinski definition) is 1. The molecule has 2 rings (SSSR count). The van der Waals surface area contributed by atoms with Gasteiger partial charge in [-0.2, -0.15) is 0 Å². The van der Waals surface area contributed by atoms with E-state index in [2.05, 4.69) is 9.68 Å². The lowest BCUT2D eigenvalue weighted by atomic mass is 10.1. The molecule has 0 unspecified atom stereocenters. The first-order chi connectivity index (χ1) is 7.59. The molecule has 0 amide bonds. The summed E-state index contributed by atoms with van der Waals surface area (Å²) in [6, 6.07) is 5.19. The van der Waals surface area contributed by atoms with Crippen LogP contribution in [0, 0.1) is 5.82 Å². The number of halogens is 2. The molecule has 0 aliphatic rings.